The van der Waals surface area contributed by atoms with Crippen molar-refractivity contribution in [2.75, 3.05) is 23.5 Å². The molecule has 2 N–H and O–H groups in total. The molecule has 0 spiro atoms. The van der Waals surface area contributed by atoms with E-state index in [1.165, 1.54) is 54.8 Å². The Bertz CT molecular complexity index is 1100. The van der Waals surface area contributed by atoms with Gasteiger partial charge >= 0.3 is 6.03 Å². The monoisotopic (exact) mass is 446 g/mol. The predicted molar refractivity (Wildman–Crippen MR) is 134 cm³/mol. The van der Waals surface area contributed by atoms with Crippen LogP contribution in [-0.4, -0.2) is 41.2 Å². The van der Waals surface area contributed by atoms with Crippen molar-refractivity contribution in [2.45, 2.75) is 64.0 Å². The van der Waals surface area contributed by atoms with Crippen LogP contribution in [0, 0.1) is 0 Å². The normalized spacial score (nSPS) is 21.6. The predicted octanol–water partition coefficient (Wildman–Crippen LogP) is 6.28. The molecule has 2 fully saturated rings. The van der Waals surface area contributed by atoms with Gasteiger partial charge in [0.1, 0.15) is 0 Å². The molecule has 3 unspecified atom stereocenters. The minimum absolute atomic E-state index is 0.0730. The quantitative estimate of drug-likeness (QED) is 0.438. The molecule has 0 bridgehead atoms. The van der Waals surface area contributed by atoms with Crippen LogP contribution < -0.4 is 10.4 Å². The van der Waals surface area contributed by atoms with Gasteiger partial charge in [-0.05, 0) is 93.9 Å². The van der Waals surface area contributed by atoms with E-state index < -0.39 is 0 Å². The molecule has 6 nitrogen and oxygen atoms in total. The minimum Gasteiger partial charge on any atom is -0.361 e. The molecule has 6 heteroatoms. The van der Waals surface area contributed by atoms with Gasteiger partial charge in [-0.25, -0.2) is 4.79 Å². The van der Waals surface area contributed by atoms with E-state index in [0.717, 1.165) is 23.7 Å². The van der Waals surface area contributed by atoms with Crippen molar-refractivity contribution in [1.82, 2.24) is 9.88 Å². The number of carbonyl (C=O) groups excluding carboxylic acids is 1. The molecule has 3 atom stereocenters. The zero-order valence-corrected chi connectivity index (χ0v) is 19.6. The molecule has 33 heavy (non-hydrogen) atoms. The maximum atomic E-state index is 13.2. The summed E-state index contributed by atoms with van der Waals surface area (Å²) in [6.07, 6.45) is 8.00. The number of benzene rings is 2. The first kappa shape index (κ1) is 22.0. The summed E-state index contributed by atoms with van der Waals surface area (Å²) in [5.41, 5.74) is 3.98. The van der Waals surface area contributed by atoms with Gasteiger partial charge < -0.3 is 15.2 Å². The van der Waals surface area contributed by atoms with E-state index >= 15 is 0 Å². The largest absolute Gasteiger partial charge is 0.361 e. The number of piperidine rings is 1. The summed E-state index contributed by atoms with van der Waals surface area (Å²) in [6, 6.07) is 16.1. The Morgan fingerprint density at radius 2 is 2.06 bits per heavy atom. The van der Waals surface area contributed by atoms with E-state index in [1.807, 2.05) is 50.2 Å². The molecule has 1 aromatic heterocycles. The molecule has 3 heterocycles. The first-order valence-corrected chi connectivity index (χ1v) is 12.3. The van der Waals surface area contributed by atoms with Gasteiger partial charge in [-0.3, -0.25) is 4.84 Å². The highest BCUT2D eigenvalue weighted by molar-refractivity contribution is 6.01. The molecule has 0 saturated carbocycles. The van der Waals surface area contributed by atoms with Crippen molar-refractivity contribution in [1.29, 1.82) is 0 Å². The molecule has 2 amide bonds. The number of nitrogens with zero attached hydrogens (tertiary/aromatic N) is 2. The molecule has 5 rings (SSSR count). The summed E-state index contributed by atoms with van der Waals surface area (Å²) >= 11 is 0. The standard InChI is InChI=1S/C27H34N4O2/c1-3-19(2)33-31(22-8-5-4-6-9-22)27(32)29-21-11-12-26-24(17-21)25(18-28-26)20-13-15-30-14-7-10-23(30)16-20/h4-6,8-9,11-12,17-20,23,28H,3,7,10,13-16H2,1-2H3,(H,29,32). The molecule has 0 radical (unpaired) electrons. The van der Waals surface area contributed by atoms with Gasteiger partial charge in [0.15, 0.2) is 0 Å². The van der Waals surface area contributed by atoms with Crippen LogP contribution in [0.25, 0.3) is 10.9 Å². The van der Waals surface area contributed by atoms with E-state index in [9.17, 15) is 4.79 Å². The fourth-order valence-corrected chi connectivity index (χ4v) is 5.28. The average Bonchev–Trinajstić information content (AvgIpc) is 3.49. The molecule has 174 valence electrons. The van der Waals surface area contributed by atoms with E-state index in [4.69, 9.17) is 4.84 Å². The van der Waals surface area contributed by atoms with Crippen molar-refractivity contribution < 1.29 is 9.63 Å². The number of urea groups is 1. The smallest absolute Gasteiger partial charge is 0.350 e. The Hall–Kier alpha value is -2.83. The highest BCUT2D eigenvalue weighted by Crippen LogP contribution is 2.39. The second kappa shape index (κ2) is 9.57. The van der Waals surface area contributed by atoms with Crippen LogP contribution in [-0.2, 0) is 4.84 Å². The van der Waals surface area contributed by atoms with Crippen LogP contribution in [0.3, 0.4) is 0 Å². The van der Waals surface area contributed by atoms with Crippen molar-refractivity contribution in [2.24, 2.45) is 0 Å². The van der Waals surface area contributed by atoms with Gasteiger partial charge in [-0.2, -0.15) is 5.06 Å². The Balaban J connectivity index is 1.37. The van der Waals surface area contributed by atoms with Gasteiger partial charge in [0.2, 0.25) is 0 Å². The van der Waals surface area contributed by atoms with Crippen molar-refractivity contribution in [3.05, 3.63) is 60.3 Å². The SMILES string of the molecule is CCC(C)ON(C(=O)Nc1ccc2[nH]cc(C3CCN4CCCC4C3)c2c1)c1ccccc1. The number of hydroxylamine groups is 1. The number of para-hydroxylation sites is 1. The maximum absolute atomic E-state index is 13.2. The molecule has 2 aliphatic heterocycles. The summed E-state index contributed by atoms with van der Waals surface area (Å²) in [5.74, 6) is 0.568. The summed E-state index contributed by atoms with van der Waals surface area (Å²) < 4.78 is 0. The zero-order valence-electron chi connectivity index (χ0n) is 19.6. The lowest BCUT2D eigenvalue weighted by Crippen LogP contribution is -2.37. The highest BCUT2D eigenvalue weighted by Gasteiger charge is 2.33. The van der Waals surface area contributed by atoms with Crippen LogP contribution in [0.15, 0.2) is 54.7 Å². The van der Waals surface area contributed by atoms with E-state index in [1.54, 1.807) is 0 Å². The van der Waals surface area contributed by atoms with Crippen molar-refractivity contribution in [3.8, 4) is 0 Å². The fourth-order valence-electron chi connectivity index (χ4n) is 5.28. The maximum Gasteiger partial charge on any atom is 0.350 e. The van der Waals surface area contributed by atoms with Gasteiger partial charge in [0, 0.05) is 28.8 Å². The molecule has 2 aliphatic rings. The number of rotatable bonds is 6. The van der Waals surface area contributed by atoms with Gasteiger partial charge in [-0.15, -0.1) is 0 Å². The molecule has 3 aromatic rings. The lowest BCUT2D eigenvalue weighted by Gasteiger charge is -2.34. The molecular weight excluding hydrogens is 412 g/mol. The highest BCUT2D eigenvalue weighted by atomic mass is 16.7. The number of amides is 2. The fraction of sp³-hybridized carbons (Fsp3) is 0.444. The Kier molecular flexibility index (Phi) is 6.38. The number of hydrogen-bond donors (Lipinski definition) is 2. The first-order valence-electron chi connectivity index (χ1n) is 12.3. The van der Waals surface area contributed by atoms with Crippen molar-refractivity contribution >= 4 is 28.3 Å². The lowest BCUT2D eigenvalue weighted by molar-refractivity contribution is 0.0581. The van der Waals surface area contributed by atoms with Crippen LogP contribution in [0.1, 0.15) is 57.4 Å². The molecule has 2 saturated heterocycles. The lowest BCUT2D eigenvalue weighted by atomic mass is 9.85. The number of carbonyl (C=O) groups is 1. The first-order chi connectivity index (χ1) is 16.1. The van der Waals surface area contributed by atoms with Crippen LogP contribution >= 0.6 is 0 Å². The number of aromatic amines is 1. The number of aromatic nitrogens is 1. The van der Waals surface area contributed by atoms with E-state index in [2.05, 4.69) is 33.5 Å². The number of nitrogens with one attached hydrogen (secondary N) is 2. The third kappa shape index (κ3) is 4.63. The van der Waals surface area contributed by atoms with Crippen LogP contribution in [0.5, 0.6) is 0 Å². The zero-order chi connectivity index (χ0) is 22.8. The Morgan fingerprint density at radius 3 is 2.88 bits per heavy atom. The average molecular weight is 447 g/mol. The summed E-state index contributed by atoms with van der Waals surface area (Å²) in [5, 5.41) is 5.63. The van der Waals surface area contributed by atoms with Crippen molar-refractivity contribution in [3.63, 3.8) is 0 Å². The summed E-state index contributed by atoms with van der Waals surface area (Å²) in [6.45, 7) is 6.47. The van der Waals surface area contributed by atoms with E-state index in [0.29, 0.717) is 11.6 Å². The third-order valence-corrected chi connectivity index (χ3v) is 7.26. The number of fused-ring (bicyclic) bond motifs is 2. The number of H-pyrrole nitrogens is 1. The Morgan fingerprint density at radius 1 is 1.21 bits per heavy atom. The third-order valence-electron chi connectivity index (χ3n) is 7.26. The second-order valence-corrected chi connectivity index (χ2v) is 9.44. The van der Waals surface area contributed by atoms with Crippen LogP contribution in [0.2, 0.25) is 0 Å². The second-order valence-electron chi connectivity index (χ2n) is 9.44. The molecular formula is C27H34N4O2. The van der Waals surface area contributed by atoms with Gasteiger partial charge in [-0.1, -0.05) is 25.1 Å². The molecule has 0 aliphatic carbocycles. The van der Waals surface area contributed by atoms with Gasteiger partial charge in [0.05, 0.1) is 11.8 Å². The van der Waals surface area contributed by atoms with Gasteiger partial charge in [0.25, 0.3) is 0 Å². The topological polar surface area (TPSA) is 60.6 Å². The summed E-state index contributed by atoms with van der Waals surface area (Å²) in [4.78, 5) is 25.3. The number of hydrogen-bond acceptors (Lipinski definition) is 3. The molecule has 2 aromatic carbocycles. The van der Waals surface area contributed by atoms with E-state index in [-0.39, 0.29) is 12.1 Å². The Labute approximate surface area is 195 Å². The van der Waals surface area contributed by atoms with Crippen LogP contribution in [0.4, 0.5) is 16.2 Å². The number of anilines is 2. The minimum atomic E-state index is -0.294. The summed E-state index contributed by atoms with van der Waals surface area (Å²) in [7, 11) is 0.